The van der Waals surface area contributed by atoms with Crippen molar-refractivity contribution in [3.8, 4) is 27.6 Å². The highest BCUT2D eigenvalue weighted by Gasteiger charge is 2.17. The molecule has 0 atom stereocenters. The van der Waals surface area contributed by atoms with Crippen LogP contribution in [0.3, 0.4) is 0 Å². The van der Waals surface area contributed by atoms with E-state index in [4.69, 9.17) is 14.9 Å². The third-order valence-electron chi connectivity index (χ3n) is 7.13. The van der Waals surface area contributed by atoms with Crippen LogP contribution >= 0.6 is 11.3 Å². The summed E-state index contributed by atoms with van der Waals surface area (Å²) in [5.74, 6) is -1.67. The average Bonchev–Trinajstić information content (AvgIpc) is 3.57. The second kappa shape index (κ2) is 16.0. The van der Waals surface area contributed by atoms with Gasteiger partial charge in [0.05, 0.1) is 35.2 Å². The van der Waals surface area contributed by atoms with Crippen LogP contribution in [0.25, 0.3) is 26.3 Å². The van der Waals surface area contributed by atoms with Crippen molar-refractivity contribution >= 4 is 39.4 Å². The van der Waals surface area contributed by atoms with Gasteiger partial charge in [-0.1, -0.05) is 24.3 Å². The van der Waals surface area contributed by atoms with Gasteiger partial charge >= 0.3 is 0 Å². The standard InChI is InChI=1S/C31H18F2N4O4S.C4H11NO2/c32-20-5-8-22(9-6-20)37-31(40)23(11-14-35-37)30(39)36-21-7-10-26(24(33)15-21)41-27-12-13-34-25-16-28(42-29(25)27)19-3-1-18(17-38)2-4-19;1-5-4(2-6)3-7/h1-17H,(H,36,39);4-7H,2-3H2,1H3. The van der Waals surface area contributed by atoms with Crippen molar-refractivity contribution in [2.24, 2.45) is 0 Å². The van der Waals surface area contributed by atoms with Crippen LogP contribution in [0.5, 0.6) is 11.5 Å². The van der Waals surface area contributed by atoms with Crippen molar-refractivity contribution in [1.29, 1.82) is 0 Å². The Morgan fingerprint density at radius 1 is 0.959 bits per heavy atom. The molecule has 0 saturated carbocycles. The predicted molar refractivity (Wildman–Crippen MR) is 182 cm³/mol. The number of carbonyl (C=O) groups is 2. The summed E-state index contributed by atoms with van der Waals surface area (Å²) >= 11 is 1.42. The fourth-order valence-corrected chi connectivity index (χ4v) is 5.50. The molecule has 0 unspecified atom stereocenters. The number of aliphatic hydroxyl groups is 2. The molecule has 3 aromatic carbocycles. The molecule has 250 valence electrons. The van der Waals surface area contributed by atoms with Crippen molar-refractivity contribution in [2.75, 3.05) is 25.6 Å². The molecular weight excluding hydrogens is 656 g/mol. The molecular formula is C35H29F2N5O6S. The van der Waals surface area contributed by atoms with Gasteiger partial charge in [-0.25, -0.2) is 8.78 Å². The number of carbonyl (C=O) groups excluding carboxylic acids is 2. The molecule has 49 heavy (non-hydrogen) atoms. The predicted octanol–water partition coefficient (Wildman–Crippen LogP) is 5.20. The summed E-state index contributed by atoms with van der Waals surface area (Å²) in [7, 11) is 1.69. The zero-order valence-corrected chi connectivity index (χ0v) is 26.7. The van der Waals surface area contributed by atoms with Gasteiger partial charge in [0.25, 0.3) is 11.5 Å². The van der Waals surface area contributed by atoms with E-state index in [0.717, 1.165) is 27.5 Å². The highest BCUT2D eigenvalue weighted by molar-refractivity contribution is 7.22. The smallest absolute Gasteiger partial charge is 0.284 e. The summed E-state index contributed by atoms with van der Waals surface area (Å²) in [5, 5.41) is 25.8. The number of pyridine rings is 1. The molecule has 0 aliphatic heterocycles. The minimum Gasteiger partial charge on any atom is -0.453 e. The van der Waals surface area contributed by atoms with Crippen molar-refractivity contribution in [3.63, 3.8) is 0 Å². The first-order chi connectivity index (χ1) is 23.7. The van der Waals surface area contributed by atoms with Gasteiger partial charge in [0.2, 0.25) is 0 Å². The lowest BCUT2D eigenvalue weighted by atomic mass is 10.1. The summed E-state index contributed by atoms with van der Waals surface area (Å²) in [6.45, 7) is -0.0139. The number of rotatable bonds is 10. The number of ether oxygens (including phenoxy) is 1. The summed E-state index contributed by atoms with van der Waals surface area (Å²) in [5.41, 5.74) is 1.57. The van der Waals surface area contributed by atoms with Crippen molar-refractivity contribution in [1.82, 2.24) is 20.1 Å². The lowest BCUT2D eigenvalue weighted by molar-refractivity contribution is 0.102. The number of likely N-dealkylation sites (N-methyl/N-ethyl adjacent to an activating group) is 1. The highest BCUT2D eigenvalue weighted by atomic mass is 32.1. The van der Waals surface area contributed by atoms with E-state index in [0.29, 0.717) is 21.5 Å². The molecule has 0 aliphatic rings. The Balaban J connectivity index is 0.000000606. The number of aliphatic hydroxyl groups excluding tert-OH is 2. The molecule has 4 N–H and O–H groups in total. The SMILES string of the molecule is CNC(CO)CO.O=Cc1ccc(-c2cc3nccc(Oc4ccc(NC(=O)c5ccnn(-c6ccc(F)cc6)c5=O)cc4F)c3s2)cc1. The fourth-order valence-electron chi connectivity index (χ4n) is 4.43. The Hall–Kier alpha value is -5.67. The molecule has 0 spiro atoms. The number of nitrogens with zero attached hydrogens (tertiary/aromatic N) is 3. The summed E-state index contributed by atoms with van der Waals surface area (Å²) in [4.78, 5) is 42.0. The van der Waals surface area contributed by atoms with Crippen LogP contribution < -0.4 is 20.9 Å². The van der Waals surface area contributed by atoms with Gasteiger partial charge in [-0.2, -0.15) is 9.78 Å². The van der Waals surface area contributed by atoms with E-state index >= 15 is 4.39 Å². The van der Waals surface area contributed by atoms with Gasteiger partial charge in [-0.15, -0.1) is 11.3 Å². The fraction of sp³-hybridized carbons (Fsp3) is 0.114. The second-order valence-electron chi connectivity index (χ2n) is 10.4. The van der Waals surface area contributed by atoms with E-state index in [-0.39, 0.29) is 41.9 Å². The number of aldehydes is 1. The summed E-state index contributed by atoms with van der Waals surface area (Å²) in [6, 6.07) is 20.7. The normalized spacial score (nSPS) is 10.8. The molecule has 0 fully saturated rings. The Labute approximate surface area is 282 Å². The second-order valence-corrected chi connectivity index (χ2v) is 11.4. The molecule has 3 aromatic heterocycles. The van der Waals surface area contributed by atoms with E-state index in [9.17, 15) is 18.8 Å². The average molecular weight is 686 g/mol. The number of nitrogens with one attached hydrogen (secondary N) is 2. The molecule has 6 aromatic rings. The maximum absolute atomic E-state index is 15.1. The number of hydrogen-bond acceptors (Lipinski definition) is 10. The summed E-state index contributed by atoms with van der Waals surface area (Å²) < 4.78 is 35.9. The van der Waals surface area contributed by atoms with E-state index in [1.165, 1.54) is 60.0 Å². The highest BCUT2D eigenvalue weighted by Crippen LogP contribution is 2.39. The minimum atomic E-state index is -0.769. The molecule has 0 saturated heterocycles. The van der Waals surface area contributed by atoms with E-state index in [2.05, 4.69) is 20.7 Å². The van der Waals surface area contributed by atoms with Crippen LogP contribution in [0.1, 0.15) is 20.7 Å². The lowest BCUT2D eigenvalue weighted by Crippen LogP contribution is -2.32. The number of halogens is 2. The monoisotopic (exact) mass is 685 g/mol. The Bertz CT molecular complexity index is 2130. The molecule has 1 amide bonds. The number of aromatic nitrogens is 3. The molecule has 6 rings (SSSR count). The van der Waals surface area contributed by atoms with Crippen molar-refractivity contribution < 1.29 is 33.3 Å². The third-order valence-corrected chi connectivity index (χ3v) is 8.32. The van der Waals surface area contributed by atoms with Crippen LogP contribution in [-0.2, 0) is 0 Å². The summed E-state index contributed by atoms with van der Waals surface area (Å²) in [6.07, 6.45) is 3.60. The number of anilines is 1. The number of benzene rings is 3. The zero-order chi connectivity index (χ0) is 34.9. The topological polar surface area (TPSA) is 156 Å². The molecule has 3 heterocycles. The van der Waals surface area contributed by atoms with Crippen molar-refractivity contribution in [2.45, 2.75) is 6.04 Å². The first kappa shape index (κ1) is 34.7. The number of fused-ring (bicyclic) bond motifs is 1. The van der Waals surface area contributed by atoms with Gasteiger partial charge in [0, 0.05) is 40.7 Å². The van der Waals surface area contributed by atoms with E-state index in [1.807, 2.05) is 18.2 Å². The molecule has 0 bridgehead atoms. The van der Waals surface area contributed by atoms with Gasteiger partial charge < -0.3 is 25.6 Å². The third kappa shape index (κ3) is 8.25. The van der Waals surface area contributed by atoms with Gasteiger partial charge in [-0.3, -0.25) is 19.4 Å². The van der Waals surface area contributed by atoms with Crippen LogP contribution in [0.15, 0.2) is 102 Å². The maximum atomic E-state index is 15.1. The van der Waals surface area contributed by atoms with E-state index in [1.54, 1.807) is 31.4 Å². The number of hydrogen-bond donors (Lipinski definition) is 4. The van der Waals surface area contributed by atoms with Gasteiger partial charge in [-0.05, 0) is 61.1 Å². The molecule has 11 nitrogen and oxygen atoms in total. The van der Waals surface area contributed by atoms with Crippen LogP contribution in [0.2, 0.25) is 0 Å². The van der Waals surface area contributed by atoms with Gasteiger partial charge in [0.15, 0.2) is 11.6 Å². The number of thiophene rings is 1. The molecule has 0 radical (unpaired) electrons. The Morgan fingerprint density at radius 2 is 1.69 bits per heavy atom. The largest absolute Gasteiger partial charge is 0.453 e. The molecule has 14 heteroatoms. The quantitative estimate of drug-likeness (QED) is 0.142. The Morgan fingerprint density at radius 3 is 2.33 bits per heavy atom. The zero-order valence-electron chi connectivity index (χ0n) is 25.8. The van der Waals surface area contributed by atoms with Crippen LogP contribution in [0, 0.1) is 11.6 Å². The first-order valence-electron chi connectivity index (χ1n) is 14.7. The molecule has 0 aliphatic carbocycles. The number of amides is 1. The first-order valence-corrected chi connectivity index (χ1v) is 15.5. The van der Waals surface area contributed by atoms with Crippen molar-refractivity contribution in [3.05, 3.63) is 130 Å². The van der Waals surface area contributed by atoms with Crippen LogP contribution in [-0.4, -0.2) is 63.5 Å². The Kier molecular flexibility index (Phi) is 11.3. The van der Waals surface area contributed by atoms with E-state index < -0.39 is 23.1 Å². The van der Waals surface area contributed by atoms with Gasteiger partial charge in [0.1, 0.15) is 23.4 Å². The lowest BCUT2D eigenvalue weighted by Gasteiger charge is -2.10. The maximum Gasteiger partial charge on any atom is 0.284 e. The van der Waals surface area contributed by atoms with Crippen LogP contribution in [0.4, 0.5) is 14.5 Å². The minimum absolute atomic E-state index is 0.00694.